The van der Waals surface area contributed by atoms with Gasteiger partial charge in [0.05, 0.1) is 4.47 Å². The summed E-state index contributed by atoms with van der Waals surface area (Å²) < 4.78 is 7.88. The van der Waals surface area contributed by atoms with Crippen molar-refractivity contribution in [1.29, 1.82) is 0 Å². The summed E-state index contributed by atoms with van der Waals surface area (Å²) in [6, 6.07) is 13.7. The standard InChI is InChI=1S/C15H15Br2NO/c1-2-13(18)11-5-3-4-6-14(11)19-15-8-7-10(16)9-12(15)17/h3-9,13H,2,18H2,1H3/t13-/m0/s1. The lowest BCUT2D eigenvalue weighted by molar-refractivity contribution is 0.466. The minimum Gasteiger partial charge on any atom is -0.456 e. The van der Waals surface area contributed by atoms with E-state index in [2.05, 4.69) is 38.8 Å². The Kier molecular flexibility index (Phi) is 5.02. The van der Waals surface area contributed by atoms with Crippen molar-refractivity contribution in [2.24, 2.45) is 5.73 Å². The molecular weight excluding hydrogens is 370 g/mol. The lowest BCUT2D eigenvalue weighted by Crippen LogP contribution is -2.09. The van der Waals surface area contributed by atoms with Crippen molar-refractivity contribution < 1.29 is 4.74 Å². The second kappa shape index (κ2) is 6.55. The third kappa shape index (κ3) is 3.59. The highest BCUT2D eigenvalue weighted by Gasteiger charge is 2.11. The van der Waals surface area contributed by atoms with Gasteiger partial charge in [0.25, 0.3) is 0 Å². The van der Waals surface area contributed by atoms with Crippen molar-refractivity contribution in [3.8, 4) is 11.5 Å². The molecule has 0 spiro atoms. The Morgan fingerprint density at radius 2 is 1.84 bits per heavy atom. The number of rotatable bonds is 4. The van der Waals surface area contributed by atoms with Gasteiger partial charge in [-0.25, -0.2) is 0 Å². The molecule has 19 heavy (non-hydrogen) atoms. The van der Waals surface area contributed by atoms with Crippen LogP contribution in [0.5, 0.6) is 11.5 Å². The van der Waals surface area contributed by atoms with Crippen molar-refractivity contribution in [1.82, 2.24) is 0 Å². The first-order valence-corrected chi connectivity index (χ1v) is 7.67. The molecule has 0 unspecified atom stereocenters. The van der Waals surface area contributed by atoms with Gasteiger partial charge in [0.15, 0.2) is 0 Å². The van der Waals surface area contributed by atoms with Gasteiger partial charge in [-0.05, 0) is 46.6 Å². The fourth-order valence-electron chi connectivity index (χ4n) is 1.78. The predicted molar refractivity (Wildman–Crippen MR) is 85.6 cm³/mol. The highest BCUT2D eigenvalue weighted by Crippen LogP contribution is 2.35. The molecule has 1 atom stereocenters. The second-order valence-electron chi connectivity index (χ2n) is 4.23. The van der Waals surface area contributed by atoms with E-state index in [1.807, 2.05) is 42.5 Å². The van der Waals surface area contributed by atoms with Crippen LogP contribution in [0.1, 0.15) is 24.9 Å². The maximum absolute atomic E-state index is 6.11. The number of nitrogens with two attached hydrogens (primary N) is 1. The Hall–Kier alpha value is -0.840. The van der Waals surface area contributed by atoms with Gasteiger partial charge in [0.2, 0.25) is 0 Å². The Morgan fingerprint density at radius 1 is 1.11 bits per heavy atom. The quantitative estimate of drug-likeness (QED) is 0.764. The summed E-state index contributed by atoms with van der Waals surface area (Å²) in [7, 11) is 0. The van der Waals surface area contributed by atoms with Crippen LogP contribution >= 0.6 is 31.9 Å². The van der Waals surface area contributed by atoms with Crippen molar-refractivity contribution in [2.75, 3.05) is 0 Å². The number of benzene rings is 2. The number of hydrogen-bond acceptors (Lipinski definition) is 2. The average molecular weight is 385 g/mol. The van der Waals surface area contributed by atoms with Crippen LogP contribution in [0.3, 0.4) is 0 Å². The van der Waals surface area contributed by atoms with E-state index in [-0.39, 0.29) is 6.04 Å². The molecule has 4 heteroatoms. The first kappa shape index (κ1) is 14.6. The molecule has 0 aliphatic rings. The van der Waals surface area contributed by atoms with Crippen LogP contribution in [0, 0.1) is 0 Å². The number of para-hydroxylation sites is 1. The first-order valence-electron chi connectivity index (χ1n) is 6.09. The van der Waals surface area contributed by atoms with E-state index in [1.165, 1.54) is 0 Å². The summed E-state index contributed by atoms with van der Waals surface area (Å²) in [5, 5.41) is 0. The molecule has 0 heterocycles. The second-order valence-corrected chi connectivity index (χ2v) is 6.00. The lowest BCUT2D eigenvalue weighted by Gasteiger charge is -2.16. The summed E-state index contributed by atoms with van der Waals surface area (Å²) >= 11 is 6.92. The molecule has 0 aliphatic carbocycles. The largest absolute Gasteiger partial charge is 0.456 e. The molecule has 100 valence electrons. The molecule has 0 saturated heterocycles. The molecule has 2 rings (SSSR count). The molecule has 2 N–H and O–H groups in total. The maximum Gasteiger partial charge on any atom is 0.141 e. The van der Waals surface area contributed by atoms with Crippen molar-refractivity contribution in [3.63, 3.8) is 0 Å². The van der Waals surface area contributed by atoms with E-state index < -0.39 is 0 Å². The first-order chi connectivity index (χ1) is 9.11. The van der Waals surface area contributed by atoms with E-state index in [4.69, 9.17) is 10.5 Å². The third-order valence-corrected chi connectivity index (χ3v) is 3.99. The fraction of sp³-hybridized carbons (Fsp3) is 0.200. The Labute approximate surface area is 130 Å². The van der Waals surface area contributed by atoms with E-state index in [9.17, 15) is 0 Å². The summed E-state index contributed by atoms with van der Waals surface area (Å²) in [6.45, 7) is 2.07. The molecule has 0 bridgehead atoms. The molecule has 0 aromatic heterocycles. The van der Waals surface area contributed by atoms with Crippen LogP contribution in [-0.4, -0.2) is 0 Å². The Morgan fingerprint density at radius 3 is 2.53 bits per heavy atom. The minimum atomic E-state index is -0.00887. The van der Waals surface area contributed by atoms with Gasteiger partial charge in [0.1, 0.15) is 11.5 Å². The molecule has 0 aliphatic heterocycles. The van der Waals surface area contributed by atoms with Crippen molar-refractivity contribution in [2.45, 2.75) is 19.4 Å². The predicted octanol–water partition coefficient (Wildman–Crippen LogP) is 5.41. The number of halogens is 2. The van der Waals surface area contributed by atoms with E-state index in [1.54, 1.807) is 0 Å². The van der Waals surface area contributed by atoms with Gasteiger partial charge in [-0.3, -0.25) is 0 Å². The monoisotopic (exact) mass is 383 g/mol. The van der Waals surface area contributed by atoms with Gasteiger partial charge in [0, 0.05) is 16.1 Å². The smallest absolute Gasteiger partial charge is 0.141 e. The summed E-state index contributed by atoms with van der Waals surface area (Å²) in [5.41, 5.74) is 7.14. The van der Waals surface area contributed by atoms with Crippen LogP contribution in [0.2, 0.25) is 0 Å². The van der Waals surface area contributed by atoms with Gasteiger partial charge in [-0.15, -0.1) is 0 Å². The van der Waals surface area contributed by atoms with Crippen LogP contribution in [-0.2, 0) is 0 Å². The molecule has 2 aromatic rings. The molecule has 0 amide bonds. The average Bonchev–Trinajstić information content (AvgIpc) is 2.41. The summed E-state index contributed by atoms with van der Waals surface area (Å²) in [5.74, 6) is 1.58. The zero-order valence-electron chi connectivity index (χ0n) is 10.6. The van der Waals surface area contributed by atoms with Gasteiger partial charge < -0.3 is 10.5 Å². The molecule has 0 radical (unpaired) electrons. The highest BCUT2D eigenvalue weighted by atomic mass is 79.9. The lowest BCUT2D eigenvalue weighted by atomic mass is 10.0. The summed E-state index contributed by atoms with van der Waals surface area (Å²) in [6.07, 6.45) is 0.877. The Bertz CT molecular complexity index is 572. The topological polar surface area (TPSA) is 35.2 Å². The van der Waals surface area contributed by atoms with Crippen LogP contribution in [0.4, 0.5) is 0 Å². The van der Waals surface area contributed by atoms with Gasteiger partial charge in [-0.1, -0.05) is 41.1 Å². The number of hydrogen-bond donors (Lipinski definition) is 1. The third-order valence-electron chi connectivity index (χ3n) is 2.87. The van der Waals surface area contributed by atoms with Crippen LogP contribution in [0.15, 0.2) is 51.4 Å². The number of ether oxygens (including phenoxy) is 1. The van der Waals surface area contributed by atoms with Crippen molar-refractivity contribution >= 4 is 31.9 Å². The van der Waals surface area contributed by atoms with E-state index >= 15 is 0 Å². The van der Waals surface area contributed by atoms with E-state index in [0.717, 1.165) is 32.4 Å². The van der Waals surface area contributed by atoms with Crippen LogP contribution < -0.4 is 10.5 Å². The Balaban J connectivity index is 2.33. The van der Waals surface area contributed by atoms with Gasteiger partial charge >= 0.3 is 0 Å². The molecule has 0 saturated carbocycles. The molecule has 2 nitrogen and oxygen atoms in total. The molecular formula is C15H15Br2NO. The highest BCUT2D eigenvalue weighted by molar-refractivity contribution is 9.11. The fourth-order valence-corrected chi connectivity index (χ4v) is 2.90. The molecule has 2 aromatic carbocycles. The van der Waals surface area contributed by atoms with Gasteiger partial charge in [-0.2, -0.15) is 0 Å². The maximum atomic E-state index is 6.11. The SMILES string of the molecule is CC[C@H](N)c1ccccc1Oc1ccc(Br)cc1Br. The van der Waals surface area contributed by atoms with E-state index in [0.29, 0.717) is 0 Å². The summed E-state index contributed by atoms with van der Waals surface area (Å²) in [4.78, 5) is 0. The zero-order valence-corrected chi connectivity index (χ0v) is 13.7. The van der Waals surface area contributed by atoms with Crippen molar-refractivity contribution in [3.05, 3.63) is 57.0 Å². The normalized spacial score (nSPS) is 12.2. The van der Waals surface area contributed by atoms with Crippen LogP contribution in [0.25, 0.3) is 0 Å². The minimum absolute atomic E-state index is 0.00887. The molecule has 0 fully saturated rings. The zero-order chi connectivity index (χ0) is 13.8.